The molecule has 184 valence electrons. The van der Waals surface area contributed by atoms with Crippen LogP contribution in [0.1, 0.15) is 40.5 Å². The standard InChI is InChI=1S/C24H28O4.C4H10N2/c1-19(11-7-13-21(3)15-17-23(25)26)9-5-6-10-20(2)12-8-14-22(4)16-18-24(27)28;5-6-3-1-2-4-6/h5-18H,1-4H3,(H,25,26)(H,27,28);1-5H2/b6-5+,11-7+,12-8+,17-15+,18-16+,19-9+,20-10+,21-13-,22-14+;. The average molecular weight is 467 g/mol. The van der Waals surface area contributed by atoms with Crippen LogP contribution in [0.2, 0.25) is 0 Å². The minimum atomic E-state index is -0.961. The molecule has 1 aliphatic heterocycles. The summed E-state index contributed by atoms with van der Waals surface area (Å²) in [4.78, 5) is 20.9. The van der Waals surface area contributed by atoms with Crippen LogP contribution in [-0.4, -0.2) is 40.3 Å². The number of rotatable bonds is 10. The van der Waals surface area contributed by atoms with Crippen molar-refractivity contribution in [1.82, 2.24) is 5.01 Å². The zero-order valence-electron chi connectivity index (χ0n) is 20.6. The summed E-state index contributed by atoms with van der Waals surface area (Å²) in [5.74, 6) is 3.45. The van der Waals surface area contributed by atoms with Crippen LogP contribution in [0.5, 0.6) is 0 Å². The quantitative estimate of drug-likeness (QED) is 0.217. The van der Waals surface area contributed by atoms with Gasteiger partial charge in [0, 0.05) is 25.2 Å². The number of carbonyl (C=O) groups is 2. The zero-order valence-corrected chi connectivity index (χ0v) is 20.6. The molecule has 0 bridgehead atoms. The lowest BCUT2D eigenvalue weighted by Gasteiger charge is -2.01. The minimum Gasteiger partial charge on any atom is -0.478 e. The number of hydrazine groups is 1. The molecular formula is C28H38N2O4. The number of carboxylic acid groups (broad SMARTS) is 2. The Hall–Kier alpha value is -3.48. The molecule has 0 spiro atoms. The van der Waals surface area contributed by atoms with Gasteiger partial charge >= 0.3 is 11.9 Å². The Morgan fingerprint density at radius 2 is 0.912 bits per heavy atom. The van der Waals surface area contributed by atoms with Crippen molar-refractivity contribution in [3.8, 4) is 0 Å². The summed E-state index contributed by atoms with van der Waals surface area (Å²) in [5.41, 5.74) is 3.84. The monoisotopic (exact) mass is 466 g/mol. The smallest absolute Gasteiger partial charge is 0.328 e. The predicted octanol–water partition coefficient (Wildman–Crippen LogP) is 5.68. The molecule has 4 N–H and O–H groups in total. The fraction of sp³-hybridized carbons (Fsp3) is 0.286. The van der Waals surface area contributed by atoms with Crippen LogP contribution in [0.15, 0.2) is 107 Å². The van der Waals surface area contributed by atoms with Crippen molar-refractivity contribution in [3.63, 3.8) is 0 Å². The van der Waals surface area contributed by atoms with E-state index in [1.165, 1.54) is 12.8 Å². The summed E-state index contributed by atoms with van der Waals surface area (Å²) in [5, 5.41) is 19.0. The maximum absolute atomic E-state index is 10.4. The Kier molecular flexibility index (Phi) is 17.1. The third kappa shape index (κ3) is 20.4. The summed E-state index contributed by atoms with van der Waals surface area (Å²) in [6.45, 7) is 9.82. The highest BCUT2D eigenvalue weighted by Crippen LogP contribution is 2.02. The van der Waals surface area contributed by atoms with Crippen LogP contribution in [0, 0.1) is 0 Å². The molecule has 0 aliphatic carbocycles. The van der Waals surface area contributed by atoms with Gasteiger partial charge < -0.3 is 10.2 Å². The number of hydrogen-bond donors (Lipinski definition) is 3. The molecule has 1 saturated heterocycles. The van der Waals surface area contributed by atoms with Crippen LogP contribution in [0.4, 0.5) is 0 Å². The molecule has 0 radical (unpaired) electrons. The van der Waals surface area contributed by atoms with Crippen molar-refractivity contribution < 1.29 is 19.8 Å². The van der Waals surface area contributed by atoms with E-state index in [4.69, 9.17) is 16.1 Å². The average Bonchev–Trinajstić information content (AvgIpc) is 3.25. The van der Waals surface area contributed by atoms with Crippen molar-refractivity contribution in [1.29, 1.82) is 0 Å². The summed E-state index contributed by atoms with van der Waals surface area (Å²) in [6, 6.07) is 0. The first kappa shape index (κ1) is 30.5. The number of nitrogens with two attached hydrogens (primary N) is 1. The zero-order chi connectivity index (χ0) is 25.8. The molecule has 34 heavy (non-hydrogen) atoms. The van der Waals surface area contributed by atoms with E-state index in [2.05, 4.69) is 0 Å². The van der Waals surface area contributed by atoms with Crippen molar-refractivity contribution in [2.75, 3.05) is 13.1 Å². The third-order valence-electron chi connectivity index (χ3n) is 4.38. The molecule has 1 aliphatic rings. The summed E-state index contributed by atoms with van der Waals surface area (Å²) < 4.78 is 0. The molecule has 0 aromatic heterocycles. The summed E-state index contributed by atoms with van der Waals surface area (Å²) in [7, 11) is 0. The fourth-order valence-corrected chi connectivity index (χ4v) is 2.49. The first-order valence-electron chi connectivity index (χ1n) is 11.1. The first-order valence-corrected chi connectivity index (χ1v) is 11.1. The lowest BCUT2D eigenvalue weighted by Crippen LogP contribution is -2.26. The second-order valence-corrected chi connectivity index (χ2v) is 7.83. The van der Waals surface area contributed by atoms with E-state index in [0.29, 0.717) is 0 Å². The van der Waals surface area contributed by atoms with Gasteiger partial charge in [-0.25, -0.2) is 14.6 Å². The topological polar surface area (TPSA) is 104 Å². The highest BCUT2D eigenvalue weighted by molar-refractivity contribution is 5.80. The minimum absolute atomic E-state index is 0.857. The number of nitrogens with zero attached hydrogens (tertiary/aromatic N) is 1. The number of aliphatic carboxylic acids is 2. The van der Waals surface area contributed by atoms with Gasteiger partial charge in [-0.3, -0.25) is 5.84 Å². The highest BCUT2D eigenvalue weighted by atomic mass is 16.4. The molecule has 0 amide bonds. The van der Waals surface area contributed by atoms with Gasteiger partial charge in [-0.05, 0) is 40.5 Å². The number of allylic oxidation sites excluding steroid dienone is 16. The van der Waals surface area contributed by atoms with Crippen molar-refractivity contribution in [3.05, 3.63) is 107 Å². The van der Waals surface area contributed by atoms with E-state index in [1.807, 2.05) is 93.5 Å². The van der Waals surface area contributed by atoms with E-state index in [-0.39, 0.29) is 0 Å². The van der Waals surface area contributed by atoms with E-state index in [1.54, 1.807) is 12.2 Å². The Labute approximate surface area is 203 Å². The van der Waals surface area contributed by atoms with Crippen molar-refractivity contribution >= 4 is 11.9 Å². The van der Waals surface area contributed by atoms with Gasteiger partial charge in [0.05, 0.1) is 0 Å². The number of carboxylic acids is 2. The van der Waals surface area contributed by atoms with Gasteiger partial charge in [0.25, 0.3) is 0 Å². The Balaban J connectivity index is 0.00000156. The van der Waals surface area contributed by atoms with Gasteiger partial charge in [-0.1, -0.05) is 95.2 Å². The Morgan fingerprint density at radius 1 is 0.588 bits per heavy atom. The second-order valence-electron chi connectivity index (χ2n) is 7.83. The largest absolute Gasteiger partial charge is 0.478 e. The van der Waals surface area contributed by atoms with Crippen molar-refractivity contribution in [2.45, 2.75) is 40.5 Å². The van der Waals surface area contributed by atoms with E-state index >= 15 is 0 Å². The van der Waals surface area contributed by atoms with Crippen LogP contribution >= 0.6 is 0 Å². The van der Waals surface area contributed by atoms with Crippen LogP contribution in [0.3, 0.4) is 0 Å². The molecule has 0 atom stereocenters. The van der Waals surface area contributed by atoms with E-state index in [9.17, 15) is 9.59 Å². The molecule has 1 fully saturated rings. The lowest BCUT2D eigenvalue weighted by molar-refractivity contribution is -0.132. The predicted molar refractivity (Wildman–Crippen MR) is 141 cm³/mol. The van der Waals surface area contributed by atoms with Gasteiger partial charge in [-0.15, -0.1) is 0 Å². The maximum Gasteiger partial charge on any atom is 0.328 e. The fourth-order valence-electron chi connectivity index (χ4n) is 2.49. The highest BCUT2D eigenvalue weighted by Gasteiger charge is 2.04. The SMILES string of the molecule is CC(=C/C=C/C(C)=C/C=C/C=C(C)/C=C/C=C(C)/C=C/C(=O)O)/C=C/C(=O)O.NN1CCCC1. The molecule has 0 aromatic carbocycles. The summed E-state index contributed by atoms with van der Waals surface area (Å²) in [6.07, 6.45) is 27.0. The normalized spacial score (nSPS) is 17.0. The van der Waals surface area contributed by atoms with Gasteiger partial charge in [0.1, 0.15) is 0 Å². The first-order chi connectivity index (χ1) is 16.1. The second kappa shape index (κ2) is 19.0. The maximum atomic E-state index is 10.4. The lowest BCUT2D eigenvalue weighted by atomic mass is 10.2. The molecule has 0 saturated carbocycles. The van der Waals surface area contributed by atoms with Gasteiger partial charge in [-0.2, -0.15) is 0 Å². The van der Waals surface area contributed by atoms with E-state index in [0.717, 1.165) is 47.5 Å². The van der Waals surface area contributed by atoms with E-state index < -0.39 is 11.9 Å². The Bertz CT molecular complexity index is 852. The van der Waals surface area contributed by atoms with Crippen LogP contribution in [0.25, 0.3) is 0 Å². The molecule has 0 unspecified atom stereocenters. The van der Waals surface area contributed by atoms with Crippen molar-refractivity contribution in [2.24, 2.45) is 5.84 Å². The third-order valence-corrected chi connectivity index (χ3v) is 4.38. The molecule has 1 heterocycles. The van der Waals surface area contributed by atoms with Gasteiger partial charge in [0.15, 0.2) is 0 Å². The molecular weight excluding hydrogens is 428 g/mol. The number of hydrogen-bond acceptors (Lipinski definition) is 4. The molecule has 1 rings (SSSR count). The molecule has 0 aromatic rings. The van der Waals surface area contributed by atoms with Crippen LogP contribution in [-0.2, 0) is 9.59 Å². The Morgan fingerprint density at radius 3 is 1.21 bits per heavy atom. The molecule has 6 nitrogen and oxygen atoms in total. The van der Waals surface area contributed by atoms with Gasteiger partial charge in [0.2, 0.25) is 0 Å². The van der Waals surface area contributed by atoms with Crippen LogP contribution < -0.4 is 5.84 Å². The molecule has 6 heteroatoms. The summed E-state index contributed by atoms with van der Waals surface area (Å²) >= 11 is 0.